The van der Waals surface area contributed by atoms with E-state index >= 15 is 0 Å². The van der Waals surface area contributed by atoms with Crippen LogP contribution in [0.2, 0.25) is 0 Å². The third-order valence-corrected chi connectivity index (χ3v) is 3.35. The number of likely N-dealkylation sites (tertiary alicyclic amines) is 1. The molecule has 0 aliphatic carbocycles. The minimum Gasteiger partial charge on any atom is -0.370 e. The molecule has 98 valence electrons. The van der Waals surface area contributed by atoms with Gasteiger partial charge in [0.1, 0.15) is 5.82 Å². The van der Waals surface area contributed by atoms with Gasteiger partial charge in [0.05, 0.1) is 5.56 Å². The molecule has 1 N–H and O–H groups in total. The topological polar surface area (TPSA) is 45.2 Å². The zero-order valence-corrected chi connectivity index (χ0v) is 11.4. The van der Waals surface area contributed by atoms with Gasteiger partial charge in [-0.2, -0.15) is 0 Å². The molecule has 18 heavy (non-hydrogen) atoms. The number of hydrogen-bond acceptors (Lipinski definition) is 3. The first-order chi connectivity index (χ1) is 8.53. The Morgan fingerprint density at radius 2 is 2.33 bits per heavy atom. The van der Waals surface area contributed by atoms with Crippen molar-refractivity contribution in [2.45, 2.75) is 27.2 Å². The number of rotatable bonds is 3. The highest BCUT2D eigenvalue weighted by molar-refractivity contribution is 5.98. The summed E-state index contributed by atoms with van der Waals surface area (Å²) in [4.78, 5) is 18.6. The number of nitrogens with one attached hydrogen (secondary N) is 1. The van der Waals surface area contributed by atoms with E-state index in [4.69, 9.17) is 0 Å². The van der Waals surface area contributed by atoms with Gasteiger partial charge in [-0.05, 0) is 30.9 Å². The lowest BCUT2D eigenvalue weighted by Crippen LogP contribution is -2.31. The monoisotopic (exact) mass is 247 g/mol. The van der Waals surface area contributed by atoms with Crippen LogP contribution in [-0.4, -0.2) is 35.4 Å². The quantitative estimate of drug-likeness (QED) is 0.892. The number of pyridine rings is 1. The fraction of sp³-hybridized carbons (Fsp3) is 0.571. The first kappa shape index (κ1) is 12.9. The lowest BCUT2D eigenvalue weighted by molar-refractivity contribution is 0.0779. The fourth-order valence-electron chi connectivity index (χ4n) is 2.34. The zero-order chi connectivity index (χ0) is 13.2. The van der Waals surface area contributed by atoms with E-state index < -0.39 is 0 Å². The summed E-state index contributed by atoms with van der Waals surface area (Å²) in [7, 11) is 0. The highest BCUT2D eigenvalue weighted by Crippen LogP contribution is 2.30. The second-order valence-electron chi connectivity index (χ2n) is 5.57. The average Bonchev–Trinajstić information content (AvgIpc) is 2.70. The van der Waals surface area contributed by atoms with Gasteiger partial charge in [0.25, 0.3) is 5.91 Å². The van der Waals surface area contributed by atoms with Crippen molar-refractivity contribution >= 4 is 11.7 Å². The summed E-state index contributed by atoms with van der Waals surface area (Å²) in [5, 5.41) is 3.14. The van der Waals surface area contributed by atoms with Gasteiger partial charge >= 0.3 is 0 Å². The standard InChI is InChI=1S/C14H21N3O/c1-4-15-12-11(6-5-8-16-12)13(18)17-9-7-14(2,3)10-17/h5-6,8H,4,7,9-10H2,1-3H3,(H,15,16). The van der Waals surface area contributed by atoms with Crippen LogP contribution in [0.1, 0.15) is 37.6 Å². The second-order valence-corrected chi connectivity index (χ2v) is 5.57. The maximum Gasteiger partial charge on any atom is 0.257 e. The van der Waals surface area contributed by atoms with Gasteiger partial charge in [-0.25, -0.2) is 4.98 Å². The molecule has 1 aliphatic heterocycles. The Balaban J connectivity index is 2.19. The molecule has 0 bridgehead atoms. The molecule has 1 aromatic heterocycles. The third kappa shape index (κ3) is 2.63. The molecule has 1 fully saturated rings. The van der Waals surface area contributed by atoms with Gasteiger partial charge in [0, 0.05) is 25.8 Å². The lowest BCUT2D eigenvalue weighted by Gasteiger charge is -2.20. The molecule has 0 atom stereocenters. The fourth-order valence-corrected chi connectivity index (χ4v) is 2.34. The number of amides is 1. The van der Waals surface area contributed by atoms with Crippen LogP contribution in [0.3, 0.4) is 0 Å². The van der Waals surface area contributed by atoms with E-state index in [1.807, 2.05) is 24.0 Å². The summed E-state index contributed by atoms with van der Waals surface area (Å²) in [5.41, 5.74) is 0.910. The van der Waals surface area contributed by atoms with Crippen LogP contribution < -0.4 is 5.32 Å². The van der Waals surface area contributed by atoms with Crippen molar-refractivity contribution in [2.24, 2.45) is 5.41 Å². The molecule has 4 heteroatoms. The third-order valence-electron chi connectivity index (χ3n) is 3.35. The zero-order valence-electron chi connectivity index (χ0n) is 11.4. The number of hydrogen-bond donors (Lipinski definition) is 1. The molecule has 4 nitrogen and oxygen atoms in total. The highest BCUT2D eigenvalue weighted by atomic mass is 16.2. The SMILES string of the molecule is CCNc1ncccc1C(=O)N1CCC(C)(C)C1. The Morgan fingerprint density at radius 1 is 1.56 bits per heavy atom. The van der Waals surface area contributed by atoms with E-state index in [9.17, 15) is 4.79 Å². The summed E-state index contributed by atoms with van der Waals surface area (Å²) in [5.74, 6) is 0.777. The summed E-state index contributed by atoms with van der Waals surface area (Å²) in [6.45, 7) is 8.84. The predicted octanol–water partition coefficient (Wildman–Crippen LogP) is 2.39. The van der Waals surface area contributed by atoms with Crippen LogP contribution >= 0.6 is 0 Å². The van der Waals surface area contributed by atoms with Crippen molar-refractivity contribution in [3.63, 3.8) is 0 Å². The van der Waals surface area contributed by atoms with E-state index in [0.29, 0.717) is 11.4 Å². The molecular weight excluding hydrogens is 226 g/mol. The molecule has 1 aromatic rings. The molecule has 1 aliphatic rings. The minimum absolute atomic E-state index is 0.0876. The second kappa shape index (κ2) is 4.96. The van der Waals surface area contributed by atoms with Crippen molar-refractivity contribution in [3.8, 4) is 0 Å². The average molecular weight is 247 g/mol. The van der Waals surface area contributed by atoms with Crippen LogP contribution in [0.4, 0.5) is 5.82 Å². The first-order valence-electron chi connectivity index (χ1n) is 6.52. The van der Waals surface area contributed by atoms with Gasteiger partial charge in [0.2, 0.25) is 0 Å². The van der Waals surface area contributed by atoms with Crippen LogP contribution in [-0.2, 0) is 0 Å². The minimum atomic E-state index is 0.0876. The summed E-state index contributed by atoms with van der Waals surface area (Å²) < 4.78 is 0. The van der Waals surface area contributed by atoms with E-state index in [1.54, 1.807) is 6.20 Å². The van der Waals surface area contributed by atoms with Gasteiger partial charge in [-0.1, -0.05) is 13.8 Å². The molecule has 2 heterocycles. The van der Waals surface area contributed by atoms with Crippen molar-refractivity contribution in [1.82, 2.24) is 9.88 Å². The van der Waals surface area contributed by atoms with Crippen LogP contribution in [0, 0.1) is 5.41 Å². The molecule has 2 rings (SSSR count). The molecular formula is C14H21N3O. The first-order valence-corrected chi connectivity index (χ1v) is 6.52. The Labute approximate surface area is 108 Å². The maximum atomic E-state index is 12.5. The smallest absolute Gasteiger partial charge is 0.257 e. The normalized spacial score (nSPS) is 17.8. The molecule has 1 amide bonds. The molecule has 0 spiro atoms. The van der Waals surface area contributed by atoms with Crippen LogP contribution in [0.25, 0.3) is 0 Å². The van der Waals surface area contributed by atoms with Crippen molar-refractivity contribution in [2.75, 3.05) is 25.0 Å². The molecule has 0 aromatic carbocycles. The highest BCUT2D eigenvalue weighted by Gasteiger charge is 2.33. The number of aromatic nitrogens is 1. The van der Waals surface area contributed by atoms with Gasteiger partial charge in [-0.3, -0.25) is 4.79 Å². The van der Waals surface area contributed by atoms with Gasteiger partial charge in [0.15, 0.2) is 0 Å². The van der Waals surface area contributed by atoms with Gasteiger partial charge < -0.3 is 10.2 Å². The molecule has 0 unspecified atom stereocenters. The van der Waals surface area contributed by atoms with E-state index in [0.717, 1.165) is 26.1 Å². The van der Waals surface area contributed by atoms with Crippen molar-refractivity contribution in [1.29, 1.82) is 0 Å². The van der Waals surface area contributed by atoms with Crippen LogP contribution in [0.15, 0.2) is 18.3 Å². The maximum absolute atomic E-state index is 12.5. The molecule has 0 saturated carbocycles. The van der Waals surface area contributed by atoms with E-state index in [1.165, 1.54) is 0 Å². The van der Waals surface area contributed by atoms with Crippen molar-refractivity contribution < 1.29 is 4.79 Å². The van der Waals surface area contributed by atoms with E-state index in [2.05, 4.69) is 24.1 Å². The predicted molar refractivity (Wildman–Crippen MR) is 72.7 cm³/mol. The number of carbonyl (C=O) groups is 1. The Kier molecular flexibility index (Phi) is 3.55. The number of carbonyl (C=O) groups excluding carboxylic acids is 1. The summed E-state index contributed by atoms with van der Waals surface area (Å²) >= 11 is 0. The van der Waals surface area contributed by atoms with Crippen molar-refractivity contribution in [3.05, 3.63) is 23.9 Å². The Morgan fingerprint density at radius 3 is 2.94 bits per heavy atom. The molecule has 1 saturated heterocycles. The number of anilines is 1. The summed E-state index contributed by atoms with van der Waals surface area (Å²) in [6, 6.07) is 3.66. The summed E-state index contributed by atoms with van der Waals surface area (Å²) in [6.07, 6.45) is 2.78. The lowest BCUT2D eigenvalue weighted by atomic mass is 9.93. The Hall–Kier alpha value is -1.58. The van der Waals surface area contributed by atoms with E-state index in [-0.39, 0.29) is 11.3 Å². The Bertz CT molecular complexity index is 442. The van der Waals surface area contributed by atoms with Gasteiger partial charge in [-0.15, -0.1) is 0 Å². The van der Waals surface area contributed by atoms with Crippen LogP contribution in [0.5, 0.6) is 0 Å². The largest absolute Gasteiger partial charge is 0.370 e. The number of nitrogens with zero attached hydrogens (tertiary/aromatic N) is 2. The molecule has 0 radical (unpaired) electrons.